The van der Waals surface area contributed by atoms with Gasteiger partial charge in [0, 0.05) is 10.4 Å². The Labute approximate surface area is 157 Å². The molecular formula is C15H9N3O3S4. The molecule has 1 saturated heterocycles. The number of thiophene rings is 1. The van der Waals surface area contributed by atoms with Crippen LogP contribution in [0.15, 0.2) is 56.0 Å². The van der Waals surface area contributed by atoms with Gasteiger partial charge < -0.3 is 0 Å². The van der Waals surface area contributed by atoms with E-state index < -0.39 is 10.0 Å². The Morgan fingerprint density at radius 3 is 2.76 bits per heavy atom. The predicted octanol–water partition coefficient (Wildman–Crippen LogP) is 2.60. The summed E-state index contributed by atoms with van der Waals surface area (Å²) >= 11 is 7.91. The number of hydrazine groups is 1. The van der Waals surface area contributed by atoms with Crippen LogP contribution in [-0.4, -0.2) is 29.5 Å². The summed E-state index contributed by atoms with van der Waals surface area (Å²) in [5.74, 6) is -0.253. The van der Waals surface area contributed by atoms with E-state index in [9.17, 15) is 13.2 Å². The van der Waals surface area contributed by atoms with Crippen molar-refractivity contribution in [3.05, 3.63) is 57.1 Å². The fourth-order valence-electron chi connectivity index (χ4n) is 2.36. The Hall–Kier alpha value is -2.01. The van der Waals surface area contributed by atoms with Crippen molar-refractivity contribution in [2.45, 2.75) is 4.90 Å². The van der Waals surface area contributed by atoms with Crippen molar-refractivity contribution in [1.82, 2.24) is 10.4 Å². The monoisotopic (exact) mass is 407 g/mol. The van der Waals surface area contributed by atoms with Crippen LogP contribution in [0.5, 0.6) is 0 Å². The minimum Gasteiger partial charge on any atom is -0.272 e. The van der Waals surface area contributed by atoms with E-state index >= 15 is 0 Å². The van der Waals surface area contributed by atoms with E-state index in [1.54, 1.807) is 24.3 Å². The van der Waals surface area contributed by atoms with Gasteiger partial charge >= 0.3 is 0 Å². The maximum Gasteiger partial charge on any atom is 0.285 e. The van der Waals surface area contributed by atoms with Crippen LogP contribution in [0.25, 0.3) is 6.08 Å². The van der Waals surface area contributed by atoms with Gasteiger partial charge in [0.25, 0.3) is 15.9 Å². The topological polar surface area (TPSA) is 78.8 Å². The zero-order chi connectivity index (χ0) is 17.6. The minimum absolute atomic E-state index is 0.0873. The number of amidine groups is 1. The maximum atomic E-state index is 12.6. The van der Waals surface area contributed by atoms with Gasteiger partial charge in [-0.25, -0.2) is 0 Å². The van der Waals surface area contributed by atoms with Crippen molar-refractivity contribution in [1.29, 1.82) is 0 Å². The quantitative estimate of drug-likeness (QED) is 0.609. The average Bonchev–Trinajstić information content (AvgIpc) is 3.24. The molecule has 10 heteroatoms. The number of amides is 1. The van der Waals surface area contributed by atoms with Crippen LogP contribution in [0.3, 0.4) is 0 Å². The zero-order valence-corrected chi connectivity index (χ0v) is 15.6. The van der Waals surface area contributed by atoms with Gasteiger partial charge in [0.05, 0.1) is 4.91 Å². The number of carbonyl (C=O) groups is 1. The number of hydrogen-bond donors (Lipinski definition) is 1. The van der Waals surface area contributed by atoms with Crippen molar-refractivity contribution in [2.24, 2.45) is 4.40 Å². The summed E-state index contributed by atoms with van der Waals surface area (Å²) in [5.41, 5.74) is 3.17. The number of nitrogens with one attached hydrogen (secondary N) is 1. The molecule has 1 amide bonds. The molecule has 3 heterocycles. The molecule has 1 aromatic heterocycles. The third-order valence-electron chi connectivity index (χ3n) is 3.46. The summed E-state index contributed by atoms with van der Waals surface area (Å²) in [7, 11) is -3.76. The van der Waals surface area contributed by atoms with Crippen LogP contribution in [-0.2, 0) is 14.8 Å². The molecule has 0 atom stereocenters. The number of thioether (sulfide) groups is 1. The smallest absolute Gasteiger partial charge is 0.272 e. The molecule has 1 N–H and O–H groups in total. The van der Waals surface area contributed by atoms with Crippen LogP contribution in [0, 0.1) is 0 Å². The van der Waals surface area contributed by atoms with Gasteiger partial charge in [0.2, 0.25) is 0 Å². The first-order valence-corrected chi connectivity index (χ1v) is 10.5. The Bertz CT molecular complexity index is 1060. The van der Waals surface area contributed by atoms with E-state index in [4.69, 9.17) is 12.2 Å². The zero-order valence-electron chi connectivity index (χ0n) is 12.4. The molecule has 126 valence electrons. The third kappa shape index (κ3) is 2.91. The fraction of sp³-hybridized carbons (Fsp3) is 0. The Morgan fingerprint density at radius 1 is 1.20 bits per heavy atom. The molecule has 0 unspecified atom stereocenters. The number of benzene rings is 1. The lowest BCUT2D eigenvalue weighted by Crippen LogP contribution is -2.44. The summed E-state index contributed by atoms with van der Waals surface area (Å²) < 4.78 is 28.2. The Kier molecular flexibility index (Phi) is 3.99. The van der Waals surface area contributed by atoms with Crippen molar-refractivity contribution in [2.75, 3.05) is 0 Å². The highest BCUT2D eigenvalue weighted by molar-refractivity contribution is 8.26. The van der Waals surface area contributed by atoms with E-state index in [0.717, 1.165) is 21.6 Å². The standard InChI is InChI=1S/C15H9N3O3S4/c19-14-11(8-9-4-3-7-23-9)24-15(22)18(14)16-13-10-5-1-2-6-12(10)25(20,21)17-13/h1-8H,(H,16,17). The number of rotatable bonds is 2. The van der Waals surface area contributed by atoms with Gasteiger partial charge in [0.15, 0.2) is 10.2 Å². The molecule has 0 spiro atoms. The summed E-state index contributed by atoms with van der Waals surface area (Å²) in [6, 6.07) is 10.2. The molecule has 0 radical (unpaired) electrons. The largest absolute Gasteiger partial charge is 0.285 e. The number of sulfonamides is 1. The molecule has 2 aliphatic rings. The van der Waals surface area contributed by atoms with Crippen molar-refractivity contribution < 1.29 is 13.2 Å². The minimum atomic E-state index is -3.76. The van der Waals surface area contributed by atoms with Crippen molar-refractivity contribution >= 4 is 67.5 Å². The molecule has 1 fully saturated rings. The first-order chi connectivity index (χ1) is 12.0. The van der Waals surface area contributed by atoms with Gasteiger partial charge in [-0.05, 0) is 41.9 Å². The van der Waals surface area contributed by atoms with Crippen LogP contribution in [0.1, 0.15) is 10.4 Å². The van der Waals surface area contributed by atoms with Crippen LogP contribution in [0.2, 0.25) is 0 Å². The summed E-state index contributed by atoms with van der Waals surface area (Å²) in [4.78, 5) is 14.1. The van der Waals surface area contributed by atoms with Crippen molar-refractivity contribution in [3.8, 4) is 0 Å². The molecule has 6 nitrogen and oxygen atoms in total. The lowest BCUT2D eigenvalue weighted by atomic mass is 10.2. The van der Waals surface area contributed by atoms with E-state index in [0.29, 0.717) is 10.5 Å². The molecule has 1 aromatic carbocycles. The van der Waals surface area contributed by atoms with Gasteiger partial charge in [-0.2, -0.15) is 13.4 Å². The normalized spacial score (nSPS) is 20.1. The number of fused-ring (bicyclic) bond motifs is 1. The van der Waals surface area contributed by atoms with Gasteiger partial charge in [-0.15, -0.1) is 15.7 Å². The second-order valence-corrected chi connectivity index (χ2v) is 9.28. The third-order valence-corrected chi connectivity index (χ3v) is 6.92. The fourth-order valence-corrected chi connectivity index (χ4v) is 5.43. The summed E-state index contributed by atoms with van der Waals surface area (Å²) in [6.07, 6.45) is 1.76. The maximum absolute atomic E-state index is 12.6. The molecular weight excluding hydrogens is 398 g/mol. The lowest BCUT2D eigenvalue weighted by Gasteiger charge is -2.16. The van der Waals surface area contributed by atoms with Crippen LogP contribution < -0.4 is 5.43 Å². The van der Waals surface area contributed by atoms with E-state index in [1.165, 1.54) is 17.4 Å². The SMILES string of the molecule is O=C1C(=Cc2cccs2)SC(=S)N1NC1=NS(=O)(=O)c2ccccc21. The number of nitrogens with zero attached hydrogens (tertiary/aromatic N) is 2. The lowest BCUT2D eigenvalue weighted by molar-refractivity contribution is -0.123. The van der Waals surface area contributed by atoms with Crippen molar-refractivity contribution in [3.63, 3.8) is 0 Å². The van der Waals surface area contributed by atoms with Gasteiger partial charge in [-0.3, -0.25) is 10.2 Å². The van der Waals surface area contributed by atoms with Gasteiger partial charge in [-0.1, -0.05) is 30.0 Å². The predicted molar refractivity (Wildman–Crippen MR) is 103 cm³/mol. The van der Waals surface area contributed by atoms with E-state index in [2.05, 4.69) is 9.82 Å². The molecule has 2 aliphatic heterocycles. The number of carbonyl (C=O) groups excluding carboxylic acids is 1. The molecule has 25 heavy (non-hydrogen) atoms. The first kappa shape index (κ1) is 16.5. The summed E-state index contributed by atoms with van der Waals surface area (Å²) in [6.45, 7) is 0. The average molecular weight is 408 g/mol. The highest BCUT2D eigenvalue weighted by Gasteiger charge is 2.36. The first-order valence-electron chi connectivity index (χ1n) is 6.98. The Balaban J connectivity index is 1.64. The second-order valence-electron chi connectivity index (χ2n) is 5.06. The molecule has 4 rings (SSSR count). The van der Waals surface area contributed by atoms with Crippen LogP contribution in [0.4, 0.5) is 0 Å². The number of hydrogen-bond acceptors (Lipinski definition) is 7. The Morgan fingerprint density at radius 2 is 2.00 bits per heavy atom. The molecule has 0 bridgehead atoms. The van der Waals surface area contributed by atoms with E-state index in [-0.39, 0.29) is 21.0 Å². The highest BCUT2D eigenvalue weighted by atomic mass is 32.2. The summed E-state index contributed by atoms with van der Waals surface area (Å²) in [5, 5.41) is 3.07. The molecule has 2 aromatic rings. The second kappa shape index (κ2) is 6.06. The molecule has 0 saturated carbocycles. The molecule has 0 aliphatic carbocycles. The number of thiocarbonyl (C=S) groups is 1. The van der Waals surface area contributed by atoms with E-state index in [1.807, 2.05) is 17.5 Å². The van der Waals surface area contributed by atoms with Crippen LogP contribution >= 0.6 is 35.3 Å². The van der Waals surface area contributed by atoms with Gasteiger partial charge in [0.1, 0.15) is 4.90 Å². The highest BCUT2D eigenvalue weighted by Crippen LogP contribution is 2.33.